The molecule has 0 bridgehead atoms. The zero-order valence-electron chi connectivity index (χ0n) is 17.2. The summed E-state index contributed by atoms with van der Waals surface area (Å²) in [6.45, 7) is 8.34. The van der Waals surface area contributed by atoms with Crippen molar-refractivity contribution >= 4 is 11.8 Å². The molecule has 2 amide bonds. The highest BCUT2D eigenvalue weighted by Crippen LogP contribution is 2.52. The van der Waals surface area contributed by atoms with Crippen LogP contribution in [0, 0.1) is 5.92 Å². The standard InChI is InChI=1S/C23H32N2O3/c1-17(2)22(27)25-9-7-23(8-10-25)16-18(19-5-3-4-6-20(19)23)15-21(26)24-11-13-28-14-12-24/h3-6,17-18H,7-16H2,1-2H3. The van der Waals surface area contributed by atoms with Crippen LogP contribution in [0.5, 0.6) is 0 Å². The maximum Gasteiger partial charge on any atom is 0.225 e. The third kappa shape index (κ3) is 3.57. The second-order valence-corrected chi connectivity index (χ2v) is 8.95. The summed E-state index contributed by atoms with van der Waals surface area (Å²) in [4.78, 5) is 29.3. The molecule has 5 nitrogen and oxygen atoms in total. The van der Waals surface area contributed by atoms with Crippen LogP contribution in [0.2, 0.25) is 0 Å². The van der Waals surface area contributed by atoms with Crippen molar-refractivity contribution in [2.45, 2.75) is 50.9 Å². The maximum absolute atomic E-state index is 12.9. The lowest BCUT2D eigenvalue weighted by atomic mass is 9.73. The van der Waals surface area contributed by atoms with Crippen molar-refractivity contribution in [3.8, 4) is 0 Å². The van der Waals surface area contributed by atoms with E-state index < -0.39 is 0 Å². The van der Waals surface area contributed by atoms with Gasteiger partial charge in [-0.05, 0) is 41.7 Å². The Hall–Kier alpha value is -1.88. The molecule has 1 unspecified atom stereocenters. The lowest BCUT2D eigenvalue weighted by Crippen LogP contribution is -2.45. The summed E-state index contributed by atoms with van der Waals surface area (Å²) in [6.07, 6.45) is 3.63. The van der Waals surface area contributed by atoms with Crippen LogP contribution in [0.4, 0.5) is 0 Å². The monoisotopic (exact) mass is 384 g/mol. The van der Waals surface area contributed by atoms with E-state index in [1.54, 1.807) is 0 Å². The number of fused-ring (bicyclic) bond motifs is 2. The molecule has 1 atom stereocenters. The Morgan fingerprint density at radius 1 is 1.07 bits per heavy atom. The Morgan fingerprint density at radius 2 is 1.75 bits per heavy atom. The summed E-state index contributed by atoms with van der Waals surface area (Å²) < 4.78 is 5.39. The highest BCUT2D eigenvalue weighted by Gasteiger charge is 2.46. The van der Waals surface area contributed by atoms with E-state index in [2.05, 4.69) is 24.3 Å². The summed E-state index contributed by atoms with van der Waals surface area (Å²) in [6, 6.07) is 8.70. The number of morpholine rings is 1. The van der Waals surface area contributed by atoms with Gasteiger partial charge in [-0.25, -0.2) is 0 Å². The van der Waals surface area contributed by atoms with Crippen LogP contribution in [-0.2, 0) is 19.7 Å². The smallest absolute Gasteiger partial charge is 0.225 e. The van der Waals surface area contributed by atoms with Gasteiger partial charge in [0, 0.05) is 38.5 Å². The van der Waals surface area contributed by atoms with Crippen molar-refractivity contribution in [2.24, 2.45) is 5.92 Å². The lowest BCUT2D eigenvalue weighted by Gasteiger charge is -2.41. The molecule has 2 heterocycles. The van der Waals surface area contributed by atoms with Crippen molar-refractivity contribution in [1.29, 1.82) is 0 Å². The molecule has 0 aromatic heterocycles. The molecule has 1 aliphatic carbocycles. The van der Waals surface area contributed by atoms with Gasteiger partial charge in [-0.3, -0.25) is 9.59 Å². The Kier molecular flexibility index (Phi) is 5.46. The number of benzene rings is 1. The predicted molar refractivity (Wildman–Crippen MR) is 108 cm³/mol. The molecule has 5 heteroatoms. The van der Waals surface area contributed by atoms with Gasteiger partial charge in [0.25, 0.3) is 0 Å². The molecule has 3 aliphatic rings. The molecule has 0 radical (unpaired) electrons. The largest absolute Gasteiger partial charge is 0.378 e. The number of carbonyl (C=O) groups is 2. The Labute approximate surface area is 168 Å². The fourth-order valence-electron chi connectivity index (χ4n) is 5.36. The molecule has 2 saturated heterocycles. The van der Waals surface area contributed by atoms with Gasteiger partial charge >= 0.3 is 0 Å². The van der Waals surface area contributed by atoms with Gasteiger partial charge in [0.2, 0.25) is 11.8 Å². The number of likely N-dealkylation sites (tertiary alicyclic amines) is 1. The van der Waals surface area contributed by atoms with Gasteiger partial charge in [-0.15, -0.1) is 0 Å². The van der Waals surface area contributed by atoms with Gasteiger partial charge in [-0.1, -0.05) is 38.1 Å². The van der Waals surface area contributed by atoms with Crippen molar-refractivity contribution in [3.63, 3.8) is 0 Å². The molecule has 0 saturated carbocycles. The second kappa shape index (κ2) is 7.86. The van der Waals surface area contributed by atoms with Crippen LogP contribution in [0.3, 0.4) is 0 Å². The molecular weight excluding hydrogens is 352 g/mol. The normalized spacial score (nSPS) is 23.9. The first-order chi connectivity index (χ1) is 13.5. The molecule has 4 rings (SSSR count). The van der Waals surface area contributed by atoms with Crippen LogP contribution >= 0.6 is 0 Å². The van der Waals surface area contributed by atoms with E-state index >= 15 is 0 Å². The van der Waals surface area contributed by atoms with Crippen LogP contribution in [0.25, 0.3) is 0 Å². The van der Waals surface area contributed by atoms with Gasteiger partial charge in [0.15, 0.2) is 0 Å². The fraction of sp³-hybridized carbons (Fsp3) is 0.652. The van der Waals surface area contributed by atoms with E-state index in [0.717, 1.165) is 32.4 Å². The van der Waals surface area contributed by atoms with Crippen LogP contribution in [0.1, 0.15) is 56.6 Å². The lowest BCUT2D eigenvalue weighted by molar-refractivity contribution is -0.136. The Bertz CT molecular complexity index is 731. The average molecular weight is 385 g/mol. The number of piperidine rings is 1. The third-order valence-electron chi connectivity index (χ3n) is 6.92. The number of ether oxygens (including phenoxy) is 1. The molecule has 152 valence electrons. The topological polar surface area (TPSA) is 49.9 Å². The van der Waals surface area contributed by atoms with Gasteiger partial charge in [0.1, 0.15) is 0 Å². The third-order valence-corrected chi connectivity index (χ3v) is 6.92. The molecule has 2 fully saturated rings. The molecule has 1 aromatic rings. The van der Waals surface area contributed by atoms with Crippen LogP contribution in [-0.4, -0.2) is 61.0 Å². The quantitative estimate of drug-likeness (QED) is 0.805. The molecular formula is C23H32N2O3. The van der Waals surface area contributed by atoms with E-state index in [-0.39, 0.29) is 23.1 Å². The summed E-state index contributed by atoms with van der Waals surface area (Å²) >= 11 is 0. The van der Waals surface area contributed by atoms with E-state index in [9.17, 15) is 9.59 Å². The van der Waals surface area contributed by atoms with Crippen LogP contribution < -0.4 is 0 Å². The predicted octanol–water partition coefficient (Wildman–Crippen LogP) is 2.94. The average Bonchev–Trinajstić information content (AvgIpc) is 3.02. The molecule has 1 aromatic carbocycles. The van der Waals surface area contributed by atoms with E-state index in [0.29, 0.717) is 38.6 Å². The minimum atomic E-state index is 0.0591. The van der Waals surface area contributed by atoms with Gasteiger partial charge < -0.3 is 14.5 Å². The van der Waals surface area contributed by atoms with Crippen molar-refractivity contribution < 1.29 is 14.3 Å². The molecule has 0 N–H and O–H groups in total. The van der Waals surface area contributed by atoms with Crippen molar-refractivity contribution in [1.82, 2.24) is 9.80 Å². The SMILES string of the molecule is CC(C)C(=O)N1CCC2(CC1)CC(CC(=O)N1CCOCC1)c1ccccc12. The number of hydrogen-bond donors (Lipinski definition) is 0. The molecule has 28 heavy (non-hydrogen) atoms. The second-order valence-electron chi connectivity index (χ2n) is 8.95. The summed E-state index contributed by atoms with van der Waals surface area (Å²) in [5.41, 5.74) is 2.90. The van der Waals surface area contributed by atoms with E-state index in [1.807, 2.05) is 23.6 Å². The fourth-order valence-corrected chi connectivity index (χ4v) is 5.36. The van der Waals surface area contributed by atoms with E-state index in [1.165, 1.54) is 11.1 Å². The number of hydrogen-bond acceptors (Lipinski definition) is 3. The van der Waals surface area contributed by atoms with Gasteiger partial charge in [-0.2, -0.15) is 0 Å². The number of amides is 2. The highest BCUT2D eigenvalue weighted by atomic mass is 16.5. The van der Waals surface area contributed by atoms with Crippen molar-refractivity contribution in [2.75, 3.05) is 39.4 Å². The zero-order valence-corrected chi connectivity index (χ0v) is 17.2. The van der Waals surface area contributed by atoms with E-state index in [4.69, 9.17) is 4.74 Å². The maximum atomic E-state index is 12.9. The first kappa shape index (κ1) is 19.4. The first-order valence-electron chi connectivity index (χ1n) is 10.7. The highest BCUT2D eigenvalue weighted by molar-refractivity contribution is 5.78. The Morgan fingerprint density at radius 3 is 2.43 bits per heavy atom. The molecule has 1 spiro atoms. The number of nitrogens with zero attached hydrogens (tertiary/aromatic N) is 2. The minimum Gasteiger partial charge on any atom is -0.378 e. The first-order valence-corrected chi connectivity index (χ1v) is 10.7. The minimum absolute atomic E-state index is 0.0591. The molecule has 2 aliphatic heterocycles. The zero-order chi connectivity index (χ0) is 19.7. The number of carbonyl (C=O) groups excluding carboxylic acids is 2. The van der Waals surface area contributed by atoms with Crippen LogP contribution in [0.15, 0.2) is 24.3 Å². The number of rotatable bonds is 3. The van der Waals surface area contributed by atoms with Gasteiger partial charge in [0.05, 0.1) is 13.2 Å². The summed E-state index contributed by atoms with van der Waals surface area (Å²) in [5, 5.41) is 0. The summed E-state index contributed by atoms with van der Waals surface area (Å²) in [7, 11) is 0. The van der Waals surface area contributed by atoms with Crippen molar-refractivity contribution in [3.05, 3.63) is 35.4 Å². The summed E-state index contributed by atoms with van der Waals surface area (Å²) in [5.74, 6) is 0.871. The Balaban J connectivity index is 1.49.